The molecule has 3 rings (SSSR count). The number of aryl methyl sites for hydroxylation is 2. The highest BCUT2D eigenvalue weighted by Gasteiger charge is 2.15. The van der Waals surface area contributed by atoms with Crippen molar-refractivity contribution in [3.8, 4) is 0 Å². The minimum Gasteiger partial charge on any atom is -0.465 e. The van der Waals surface area contributed by atoms with E-state index in [1.807, 2.05) is 19.1 Å². The number of hydrogen-bond acceptors (Lipinski definition) is 2. The molecule has 2 nitrogen and oxygen atoms in total. The molecule has 1 aromatic heterocycles. The van der Waals surface area contributed by atoms with Crippen LogP contribution in [0, 0.1) is 19.7 Å². The van der Waals surface area contributed by atoms with E-state index in [0.717, 1.165) is 43.1 Å². The molecule has 3 heteroatoms. The van der Waals surface area contributed by atoms with Gasteiger partial charge in [-0.1, -0.05) is 18.2 Å². The van der Waals surface area contributed by atoms with Crippen molar-refractivity contribution >= 4 is 5.57 Å². The summed E-state index contributed by atoms with van der Waals surface area (Å²) in [5.74, 6) is 1.86. The molecule has 2 aromatic rings. The Balaban J connectivity index is 1.64. The van der Waals surface area contributed by atoms with Gasteiger partial charge in [-0.15, -0.1) is 0 Å². The Morgan fingerprint density at radius 1 is 1.19 bits per heavy atom. The summed E-state index contributed by atoms with van der Waals surface area (Å²) in [6.45, 7) is 6.84. The van der Waals surface area contributed by atoms with E-state index in [2.05, 4.69) is 24.0 Å². The molecule has 0 radical (unpaired) electrons. The van der Waals surface area contributed by atoms with E-state index in [1.165, 1.54) is 23.3 Å². The van der Waals surface area contributed by atoms with E-state index in [0.29, 0.717) is 0 Å². The van der Waals surface area contributed by atoms with Gasteiger partial charge in [-0.05, 0) is 55.2 Å². The van der Waals surface area contributed by atoms with Gasteiger partial charge in [-0.2, -0.15) is 0 Å². The van der Waals surface area contributed by atoms with Gasteiger partial charge in [-0.3, -0.25) is 4.90 Å². The van der Waals surface area contributed by atoms with Crippen LogP contribution in [0.25, 0.3) is 5.57 Å². The van der Waals surface area contributed by atoms with Crippen LogP contribution in [0.2, 0.25) is 0 Å². The summed E-state index contributed by atoms with van der Waals surface area (Å²) in [7, 11) is 0. The smallest absolute Gasteiger partial charge is 0.123 e. The second-order valence-electron chi connectivity index (χ2n) is 5.67. The second-order valence-corrected chi connectivity index (χ2v) is 5.67. The molecule has 110 valence electrons. The fourth-order valence-corrected chi connectivity index (χ4v) is 2.73. The highest BCUT2D eigenvalue weighted by atomic mass is 19.1. The second kappa shape index (κ2) is 5.86. The van der Waals surface area contributed by atoms with E-state index >= 15 is 0 Å². The molecule has 1 aliphatic heterocycles. The van der Waals surface area contributed by atoms with E-state index in [-0.39, 0.29) is 5.82 Å². The topological polar surface area (TPSA) is 16.4 Å². The molecule has 0 unspecified atom stereocenters. The molecule has 0 N–H and O–H groups in total. The molecule has 0 spiro atoms. The third kappa shape index (κ3) is 3.24. The van der Waals surface area contributed by atoms with Crippen LogP contribution in [-0.2, 0) is 6.54 Å². The van der Waals surface area contributed by atoms with Gasteiger partial charge < -0.3 is 4.42 Å². The lowest BCUT2D eigenvalue weighted by Gasteiger charge is -2.25. The highest BCUT2D eigenvalue weighted by molar-refractivity contribution is 5.66. The first-order valence-electron chi connectivity index (χ1n) is 7.35. The van der Waals surface area contributed by atoms with Crippen LogP contribution in [0.3, 0.4) is 0 Å². The highest BCUT2D eigenvalue weighted by Crippen LogP contribution is 2.24. The zero-order valence-corrected chi connectivity index (χ0v) is 12.5. The molecule has 0 aliphatic carbocycles. The molecule has 0 fully saturated rings. The van der Waals surface area contributed by atoms with Gasteiger partial charge >= 0.3 is 0 Å². The molecule has 1 aliphatic rings. The summed E-state index contributed by atoms with van der Waals surface area (Å²) in [6.07, 6.45) is 3.23. The van der Waals surface area contributed by atoms with Crippen molar-refractivity contribution in [3.63, 3.8) is 0 Å². The van der Waals surface area contributed by atoms with Crippen LogP contribution < -0.4 is 0 Å². The van der Waals surface area contributed by atoms with Gasteiger partial charge in [0, 0.05) is 13.1 Å². The van der Waals surface area contributed by atoms with Crippen LogP contribution >= 0.6 is 0 Å². The molecule has 0 atom stereocenters. The average Bonchev–Trinajstić information content (AvgIpc) is 2.79. The first kappa shape index (κ1) is 14.1. The predicted octanol–water partition coefficient (Wildman–Crippen LogP) is 4.32. The lowest BCUT2D eigenvalue weighted by molar-refractivity contribution is 0.265. The Bertz CT molecular complexity index is 635. The standard InChI is InChI=1S/C18H20FNO/c1-13-11-18(21-14(13)2)12-20-9-7-16(8-10-20)15-3-5-17(19)6-4-15/h3-7,11H,8-10,12H2,1-2H3. The Morgan fingerprint density at radius 2 is 1.95 bits per heavy atom. The van der Waals surface area contributed by atoms with Crippen LogP contribution in [0.15, 0.2) is 40.8 Å². The normalized spacial score (nSPS) is 16.0. The summed E-state index contributed by atoms with van der Waals surface area (Å²) in [4.78, 5) is 2.37. The SMILES string of the molecule is Cc1cc(CN2CC=C(c3ccc(F)cc3)CC2)oc1C. The number of hydrogen-bond donors (Lipinski definition) is 0. The Kier molecular flexibility index (Phi) is 3.93. The van der Waals surface area contributed by atoms with Crippen molar-refractivity contribution in [2.45, 2.75) is 26.8 Å². The third-order valence-corrected chi connectivity index (χ3v) is 4.10. The van der Waals surface area contributed by atoms with Crippen LogP contribution in [-0.4, -0.2) is 18.0 Å². The summed E-state index contributed by atoms with van der Waals surface area (Å²) < 4.78 is 18.7. The molecule has 1 aromatic carbocycles. The van der Waals surface area contributed by atoms with Crippen LogP contribution in [0.5, 0.6) is 0 Å². The number of furan rings is 1. The number of rotatable bonds is 3. The van der Waals surface area contributed by atoms with Gasteiger partial charge in [0.25, 0.3) is 0 Å². The van der Waals surface area contributed by atoms with Crippen molar-refractivity contribution in [2.75, 3.05) is 13.1 Å². The zero-order valence-electron chi connectivity index (χ0n) is 12.5. The van der Waals surface area contributed by atoms with Gasteiger partial charge in [0.2, 0.25) is 0 Å². The van der Waals surface area contributed by atoms with Gasteiger partial charge in [0.05, 0.1) is 6.54 Å². The molecule has 0 amide bonds. The van der Waals surface area contributed by atoms with Crippen molar-refractivity contribution < 1.29 is 8.81 Å². The van der Waals surface area contributed by atoms with Crippen LogP contribution in [0.1, 0.15) is 29.1 Å². The number of nitrogens with zero attached hydrogens (tertiary/aromatic N) is 1. The fraction of sp³-hybridized carbons (Fsp3) is 0.333. The Labute approximate surface area is 124 Å². The van der Waals surface area contributed by atoms with E-state index in [1.54, 1.807) is 0 Å². The molecule has 0 saturated heterocycles. The molecule has 2 heterocycles. The lowest BCUT2D eigenvalue weighted by atomic mass is 9.99. The van der Waals surface area contributed by atoms with Crippen molar-refractivity contribution in [1.29, 1.82) is 0 Å². The van der Waals surface area contributed by atoms with Crippen molar-refractivity contribution in [1.82, 2.24) is 4.90 Å². The number of benzene rings is 1. The quantitative estimate of drug-likeness (QED) is 0.835. The predicted molar refractivity (Wildman–Crippen MR) is 82.5 cm³/mol. The monoisotopic (exact) mass is 285 g/mol. The molecule has 21 heavy (non-hydrogen) atoms. The van der Waals surface area contributed by atoms with E-state index in [9.17, 15) is 4.39 Å². The van der Waals surface area contributed by atoms with Gasteiger partial charge in [0.15, 0.2) is 0 Å². The largest absolute Gasteiger partial charge is 0.465 e. The Hall–Kier alpha value is -1.87. The summed E-state index contributed by atoms with van der Waals surface area (Å²) in [6, 6.07) is 8.88. The first-order valence-corrected chi connectivity index (χ1v) is 7.35. The number of halogens is 1. The molecule has 0 saturated carbocycles. The summed E-state index contributed by atoms with van der Waals surface area (Å²) >= 11 is 0. The third-order valence-electron chi connectivity index (χ3n) is 4.10. The Morgan fingerprint density at radius 3 is 2.52 bits per heavy atom. The summed E-state index contributed by atoms with van der Waals surface area (Å²) in [5.41, 5.74) is 3.64. The van der Waals surface area contributed by atoms with Crippen molar-refractivity contribution in [3.05, 3.63) is 64.9 Å². The molecular formula is C18H20FNO. The first-order chi connectivity index (χ1) is 10.1. The van der Waals surface area contributed by atoms with Crippen molar-refractivity contribution in [2.24, 2.45) is 0 Å². The maximum absolute atomic E-state index is 13.0. The summed E-state index contributed by atoms with van der Waals surface area (Å²) in [5, 5.41) is 0. The maximum Gasteiger partial charge on any atom is 0.123 e. The molecule has 0 bridgehead atoms. The minimum absolute atomic E-state index is 0.180. The minimum atomic E-state index is -0.180. The maximum atomic E-state index is 13.0. The van der Waals surface area contributed by atoms with Gasteiger partial charge in [0.1, 0.15) is 17.3 Å². The van der Waals surface area contributed by atoms with Crippen LogP contribution in [0.4, 0.5) is 4.39 Å². The molecular weight excluding hydrogens is 265 g/mol. The van der Waals surface area contributed by atoms with E-state index < -0.39 is 0 Å². The van der Waals surface area contributed by atoms with Gasteiger partial charge in [-0.25, -0.2) is 4.39 Å². The van der Waals surface area contributed by atoms with E-state index in [4.69, 9.17) is 4.42 Å². The average molecular weight is 285 g/mol. The fourth-order valence-electron chi connectivity index (χ4n) is 2.73. The lowest BCUT2D eigenvalue weighted by Crippen LogP contribution is -2.27. The zero-order chi connectivity index (χ0) is 14.8.